The van der Waals surface area contributed by atoms with Gasteiger partial charge in [0.05, 0.1) is 0 Å². The Morgan fingerprint density at radius 3 is 1.58 bits per heavy atom. The maximum Gasteiger partial charge on any atom is 0.457 e. The van der Waals surface area contributed by atoms with Gasteiger partial charge >= 0.3 is 7.60 Å². The van der Waals surface area contributed by atoms with E-state index in [1.54, 1.807) is 60.7 Å². The Kier molecular flexibility index (Phi) is 6.34. The number of hydrogen-bond acceptors (Lipinski definition) is 4. The Morgan fingerprint density at radius 1 is 0.645 bits per heavy atom. The van der Waals surface area contributed by atoms with Crippen LogP contribution in [0.1, 0.15) is 11.3 Å². The van der Waals surface area contributed by atoms with Crippen molar-refractivity contribution in [2.45, 2.75) is 5.78 Å². The van der Waals surface area contributed by atoms with Gasteiger partial charge in [0.1, 0.15) is 17.3 Å². The molecule has 0 bridgehead atoms. The predicted octanol–water partition coefficient (Wildman–Crippen LogP) is 7.29. The first-order chi connectivity index (χ1) is 15.1. The second-order valence-corrected chi connectivity index (χ2v) is 8.77. The van der Waals surface area contributed by atoms with Crippen molar-refractivity contribution in [1.29, 1.82) is 0 Å². The van der Waals surface area contributed by atoms with E-state index in [4.69, 9.17) is 9.05 Å². The summed E-state index contributed by atoms with van der Waals surface area (Å²) in [7, 11) is -3.91. The first-order valence-electron chi connectivity index (χ1n) is 9.78. The zero-order chi connectivity index (χ0) is 21.5. The molecule has 0 radical (unpaired) electrons. The minimum absolute atomic E-state index is 0.384. The van der Waals surface area contributed by atoms with E-state index in [1.165, 1.54) is 12.1 Å². The van der Waals surface area contributed by atoms with E-state index in [0.29, 0.717) is 17.1 Å². The highest BCUT2D eigenvalue weighted by Crippen LogP contribution is 2.60. The number of nitrogens with one attached hydrogen (secondary N) is 1. The van der Waals surface area contributed by atoms with Gasteiger partial charge in [0.25, 0.3) is 0 Å². The molecule has 0 fully saturated rings. The Hall–Kier alpha value is -3.56. The smallest absolute Gasteiger partial charge is 0.414 e. The maximum absolute atomic E-state index is 14.3. The highest BCUT2D eigenvalue weighted by atomic mass is 31.2. The lowest BCUT2D eigenvalue weighted by Crippen LogP contribution is -2.18. The summed E-state index contributed by atoms with van der Waals surface area (Å²) in [5.74, 6) is -0.464. The summed E-state index contributed by atoms with van der Waals surface area (Å²) in [6.45, 7) is 0. The number of anilines is 1. The number of halogens is 1. The number of benzene rings is 4. The molecule has 4 rings (SSSR count). The van der Waals surface area contributed by atoms with Crippen LogP contribution in [0.15, 0.2) is 115 Å². The molecule has 0 amide bonds. The van der Waals surface area contributed by atoms with E-state index >= 15 is 0 Å². The van der Waals surface area contributed by atoms with Crippen LogP contribution in [-0.2, 0) is 4.57 Å². The Labute approximate surface area is 180 Å². The minimum atomic E-state index is -3.91. The average Bonchev–Trinajstić information content (AvgIpc) is 2.80. The molecule has 4 aromatic carbocycles. The molecule has 1 unspecified atom stereocenters. The average molecular weight is 433 g/mol. The molecule has 4 aromatic rings. The van der Waals surface area contributed by atoms with Crippen molar-refractivity contribution in [3.8, 4) is 11.5 Å². The third kappa shape index (κ3) is 5.33. The zero-order valence-electron chi connectivity index (χ0n) is 16.6. The van der Waals surface area contributed by atoms with Crippen LogP contribution in [0.4, 0.5) is 10.1 Å². The molecule has 6 heteroatoms. The molecule has 4 nitrogen and oxygen atoms in total. The van der Waals surface area contributed by atoms with Gasteiger partial charge in [-0.1, -0.05) is 66.7 Å². The molecular formula is C25H21FNO3P. The van der Waals surface area contributed by atoms with E-state index in [2.05, 4.69) is 5.32 Å². The maximum atomic E-state index is 14.3. The Morgan fingerprint density at radius 2 is 1.10 bits per heavy atom. The monoisotopic (exact) mass is 433 g/mol. The first kappa shape index (κ1) is 20.7. The van der Waals surface area contributed by atoms with Gasteiger partial charge in [0.2, 0.25) is 0 Å². The third-order valence-corrected chi connectivity index (χ3v) is 6.52. The topological polar surface area (TPSA) is 47.6 Å². The lowest BCUT2D eigenvalue weighted by molar-refractivity contribution is 0.376. The van der Waals surface area contributed by atoms with Gasteiger partial charge in [0, 0.05) is 5.69 Å². The molecule has 1 N–H and O–H groups in total. The van der Waals surface area contributed by atoms with Crippen LogP contribution < -0.4 is 14.4 Å². The van der Waals surface area contributed by atoms with Gasteiger partial charge in [-0.05, 0) is 54.1 Å². The molecular weight excluding hydrogens is 412 g/mol. The zero-order valence-corrected chi connectivity index (χ0v) is 17.5. The Balaban J connectivity index is 1.79. The fourth-order valence-electron chi connectivity index (χ4n) is 3.06. The summed E-state index contributed by atoms with van der Waals surface area (Å²) in [6.07, 6.45) is 0. The largest absolute Gasteiger partial charge is 0.457 e. The molecule has 0 saturated heterocycles. The van der Waals surface area contributed by atoms with Crippen LogP contribution in [0.5, 0.6) is 11.5 Å². The lowest BCUT2D eigenvalue weighted by Gasteiger charge is -2.29. The number of para-hydroxylation sites is 3. The van der Waals surface area contributed by atoms with Gasteiger partial charge in [-0.3, -0.25) is 0 Å². The van der Waals surface area contributed by atoms with Gasteiger partial charge in [-0.2, -0.15) is 0 Å². The molecule has 0 aliphatic carbocycles. The van der Waals surface area contributed by atoms with Crippen LogP contribution in [-0.4, -0.2) is 0 Å². The van der Waals surface area contributed by atoms with Crippen molar-refractivity contribution < 1.29 is 18.0 Å². The lowest BCUT2D eigenvalue weighted by atomic mass is 10.2. The molecule has 0 aliphatic heterocycles. The van der Waals surface area contributed by atoms with Crippen LogP contribution in [0.2, 0.25) is 0 Å². The van der Waals surface area contributed by atoms with E-state index in [1.807, 2.05) is 42.5 Å². The van der Waals surface area contributed by atoms with E-state index in [0.717, 1.165) is 5.69 Å². The Bertz CT molecular complexity index is 1090. The first-order valence-corrected chi connectivity index (χ1v) is 11.4. The number of rotatable bonds is 8. The highest BCUT2D eigenvalue weighted by Gasteiger charge is 2.41. The second kappa shape index (κ2) is 9.50. The van der Waals surface area contributed by atoms with Gasteiger partial charge < -0.3 is 14.4 Å². The highest BCUT2D eigenvalue weighted by molar-refractivity contribution is 7.55. The summed E-state index contributed by atoms with van der Waals surface area (Å²) in [6, 6.07) is 32.8. The third-order valence-electron chi connectivity index (χ3n) is 4.53. The quantitative estimate of drug-likeness (QED) is 0.297. The predicted molar refractivity (Wildman–Crippen MR) is 121 cm³/mol. The normalized spacial score (nSPS) is 12.0. The van der Waals surface area contributed by atoms with Crippen LogP contribution in [0.25, 0.3) is 0 Å². The summed E-state index contributed by atoms with van der Waals surface area (Å²) in [5, 5.41) is 3.26. The summed E-state index contributed by atoms with van der Waals surface area (Å²) in [5.41, 5.74) is 1.30. The van der Waals surface area contributed by atoms with E-state index in [-0.39, 0.29) is 5.82 Å². The minimum Gasteiger partial charge on any atom is -0.414 e. The van der Waals surface area contributed by atoms with Gasteiger partial charge in [-0.15, -0.1) is 0 Å². The molecule has 0 saturated carbocycles. The summed E-state index contributed by atoms with van der Waals surface area (Å²) < 4.78 is 40.0. The fourth-order valence-corrected chi connectivity index (χ4v) is 4.99. The van der Waals surface area contributed by atoms with Crippen molar-refractivity contribution in [3.63, 3.8) is 0 Å². The fraction of sp³-hybridized carbons (Fsp3) is 0.0400. The van der Waals surface area contributed by atoms with Crippen molar-refractivity contribution >= 4 is 13.3 Å². The standard InChI is InChI=1S/C25H21FNO3P/c26-21-18-16-20(17-19-21)25(27-22-10-4-1-5-11-22)31(28,29-23-12-6-2-7-13-23)30-24-14-8-3-9-15-24/h1-19,25,27H. The van der Waals surface area contributed by atoms with Gasteiger partial charge in [-0.25, -0.2) is 8.96 Å². The van der Waals surface area contributed by atoms with Crippen molar-refractivity contribution in [2.24, 2.45) is 0 Å². The molecule has 31 heavy (non-hydrogen) atoms. The second-order valence-electron chi connectivity index (χ2n) is 6.81. The molecule has 0 aliphatic rings. The van der Waals surface area contributed by atoms with Crippen LogP contribution >= 0.6 is 7.60 Å². The van der Waals surface area contributed by atoms with Crippen molar-refractivity contribution in [2.75, 3.05) is 5.32 Å². The molecule has 1 atom stereocenters. The van der Waals surface area contributed by atoms with Crippen molar-refractivity contribution in [3.05, 3.63) is 127 Å². The number of hydrogen-bond donors (Lipinski definition) is 1. The van der Waals surface area contributed by atoms with E-state index in [9.17, 15) is 8.96 Å². The van der Waals surface area contributed by atoms with Crippen molar-refractivity contribution in [1.82, 2.24) is 0 Å². The van der Waals surface area contributed by atoms with Crippen LogP contribution in [0.3, 0.4) is 0 Å². The van der Waals surface area contributed by atoms with Gasteiger partial charge in [0.15, 0.2) is 5.78 Å². The molecule has 0 aromatic heterocycles. The van der Waals surface area contributed by atoms with E-state index < -0.39 is 13.4 Å². The summed E-state index contributed by atoms with van der Waals surface area (Å²) in [4.78, 5) is 0. The molecule has 0 heterocycles. The molecule has 0 spiro atoms. The molecule has 156 valence electrons. The SMILES string of the molecule is O=P(Oc1ccccc1)(Oc1ccccc1)C(Nc1ccccc1)c1ccc(F)cc1. The summed E-state index contributed by atoms with van der Waals surface area (Å²) >= 11 is 0. The van der Waals surface area contributed by atoms with Crippen LogP contribution in [0, 0.1) is 5.82 Å².